The first-order chi connectivity index (χ1) is 31.1. The van der Waals surface area contributed by atoms with E-state index < -0.39 is 59.8 Å². The predicted molar refractivity (Wildman–Crippen MR) is 257 cm³/mol. The summed E-state index contributed by atoms with van der Waals surface area (Å²) in [6.07, 6.45) is 43.9. The highest BCUT2D eigenvalue weighted by Gasteiger charge is 2.48. The zero-order valence-corrected chi connectivity index (χ0v) is 40.6. The number of unbranched alkanes of at least 4 members (excludes halogenated alkanes) is 20. The summed E-state index contributed by atoms with van der Waals surface area (Å²) in [5.74, 6) is -0.429. The van der Waals surface area contributed by atoms with E-state index in [0.29, 0.717) is 13.0 Å². The molecule has 0 spiro atoms. The standard InChI is InChI=1S/C51H90O12S/c1-3-5-7-9-11-13-15-17-19-21-23-24-26-28-30-32-34-36-38-40-47(53)61-45(44-60-51-49(55)50(63-64(56,57)58)48(54)46(42-52)62-51)43-59-41-39-37-35-33-31-29-27-25-22-20-18-16-14-12-10-8-6-4-2/h5,7,11,13,17,19,23-24,28,30,45-46,48-52,54-55H,3-4,6,8-10,12,14-16,18,20-22,25-27,29,31-44H2,1-2H3,(H,56,57,58)/b7-5-,13-11-,19-17-,24-23-,30-28-. The number of rotatable bonds is 43. The molecule has 1 aliphatic heterocycles. The van der Waals surface area contributed by atoms with Crippen LogP contribution in [0.5, 0.6) is 0 Å². The number of hydrogen-bond donors (Lipinski definition) is 4. The van der Waals surface area contributed by atoms with Crippen molar-refractivity contribution in [1.29, 1.82) is 0 Å². The SMILES string of the molecule is CC/C=C\C/C=C\C/C=C\C/C=C\C/C=C\CCCCCC(=O)OC(COCCCCCCCCCCCCCCCCCCCC)COC1OC(CO)C(O)C(OS(=O)(=O)O)C1O. The second-order valence-electron chi connectivity index (χ2n) is 17.0. The molecular formula is C51H90O12S. The smallest absolute Gasteiger partial charge is 0.397 e. The lowest BCUT2D eigenvalue weighted by atomic mass is 9.99. The van der Waals surface area contributed by atoms with Crippen molar-refractivity contribution < 1.29 is 56.2 Å². The molecule has 0 aliphatic carbocycles. The van der Waals surface area contributed by atoms with Gasteiger partial charge in [0, 0.05) is 13.0 Å². The zero-order chi connectivity index (χ0) is 46.8. The molecule has 1 fully saturated rings. The van der Waals surface area contributed by atoms with Crippen LogP contribution in [0.25, 0.3) is 0 Å². The van der Waals surface area contributed by atoms with E-state index in [1.165, 1.54) is 96.3 Å². The summed E-state index contributed by atoms with van der Waals surface area (Å²) in [4.78, 5) is 12.9. The Hall–Kier alpha value is -2.20. The summed E-state index contributed by atoms with van der Waals surface area (Å²) < 4.78 is 59.2. The third-order valence-corrected chi connectivity index (χ3v) is 11.6. The number of hydrogen-bond acceptors (Lipinski definition) is 11. The number of carbonyl (C=O) groups excluding carboxylic acids is 1. The Morgan fingerprint density at radius 2 is 1.08 bits per heavy atom. The van der Waals surface area contributed by atoms with Crippen molar-refractivity contribution in [2.75, 3.05) is 26.4 Å². The van der Waals surface area contributed by atoms with Crippen LogP contribution >= 0.6 is 0 Å². The molecule has 13 heteroatoms. The Kier molecular flexibility index (Phi) is 39.4. The molecule has 1 rings (SSSR count). The van der Waals surface area contributed by atoms with Gasteiger partial charge in [-0.1, -0.05) is 190 Å². The molecule has 0 aromatic heterocycles. The van der Waals surface area contributed by atoms with Gasteiger partial charge in [0.1, 0.15) is 30.5 Å². The van der Waals surface area contributed by atoms with Gasteiger partial charge in [-0.05, 0) is 57.8 Å². The van der Waals surface area contributed by atoms with Crippen molar-refractivity contribution in [3.8, 4) is 0 Å². The third kappa shape index (κ3) is 35.1. The largest absolute Gasteiger partial charge is 0.457 e. The van der Waals surface area contributed by atoms with Crippen molar-refractivity contribution in [3.63, 3.8) is 0 Å². The molecule has 1 heterocycles. The lowest BCUT2D eigenvalue weighted by Gasteiger charge is -2.41. The van der Waals surface area contributed by atoms with Crippen molar-refractivity contribution in [2.45, 2.75) is 230 Å². The van der Waals surface area contributed by atoms with Gasteiger partial charge in [0.05, 0.1) is 19.8 Å². The molecule has 6 unspecified atom stereocenters. The maximum atomic E-state index is 12.9. The molecule has 0 saturated carbocycles. The highest BCUT2D eigenvalue weighted by Crippen LogP contribution is 2.26. The molecule has 0 bridgehead atoms. The van der Waals surface area contributed by atoms with Crippen LogP contribution in [0, 0.1) is 0 Å². The minimum absolute atomic E-state index is 0.0224. The summed E-state index contributed by atoms with van der Waals surface area (Å²) in [5, 5.41) is 30.7. The van der Waals surface area contributed by atoms with Gasteiger partial charge < -0.3 is 34.3 Å². The van der Waals surface area contributed by atoms with Crippen LogP contribution < -0.4 is 0 Å². The number of aliphatic hydroxyl groups excluding tert-OH is 3. The first-order valence-electron chi connectivity index (χ1n) is 25.0. The lowest BCUT2D eigenvalue weighted by Crippen LogP contribution is -2.60. The van der Waals surface area contributed by atoms with Gasteiger partial charge in [0.25, 0.3) is 0 Å². The highest BCUT2D eigenvalue weighted by molar-refractivity contribution is 7.80. The van der Waals surface area contributed by atoms with Gasteiger partial charge in [0.2, 0.25) is 0 Å². The second kappa shape index (κ2) is 42.2. The van der Waals surface area contributed by atoms with Gasteiger partial charge in [-0.25, -0.2) is 4.18 Å². The Bertz CT molecular complexity index is 1350. The fourth-order valence-corrected chi connectivity index (χ4v) is 7.91. The van der Waals surface area contributed by atoms with E-state index in [1.54, 1.807) is 0 Å². The molecule has 6 atom stereocenters. The van der Waals surface area contributed by atoms with Crippen LogP contribution in [-0.4, -0.2) is 97.5 Å². The van der Waals surface area contributed by atoms with Gasteiger partial charge in [0.15, 0.2) is 6.29 Å². The Labute approximate surface area is 388 Å². The molecule has 0 amide bonds. The monoisotopic (exact) mass is 927 g/mol. The maximum absolute atomic E-state index is 12.9. The van der Waals surface area contributed by atoms with E-state index in [4.69, 9.17) is 18.9 Å². The zero-order valence-electron chi connectivity index (χ0n) is 39.8. The topological polar surface area (TPSA) is 178 Å². The molecule has 372 valence electrons. The van der Waals surface area contributed by atoms with E-state index in [1.807, 2.05) is 0 Å². The quantitative estimate of drug-likeness (QED) is 0.0197. The summed E-state index contributed by atoms with van der Waals surface area (Å²) in [6, 6.07) is 0. The summed E-state index contributed by atoms with van der Waals surface area (Å²) in [5.41, 5.74) is 0. The average molecular weight is 927 g/mol. The molecule has 0 radical (unpaired) electrons. The minimum Gasteiger partial charge on any atom is -0.457 e. The minimum atomic E-state index is -5.07. The molecule has 1 saturated heterocycles. The van der Waals surface area contributed by atoms with Crippen LogP contribution in [0.3, 0.4) is 0 Å². The molecule has 1 aliphatic rings. The van der Waals surface area contributed by atoms with Crippen LogP contribution in [0.1, 0.15) is 194 Å². The van der Waals surface area contributed by atoms with E-state index >= 15 is 0 Å². The average Bonchev–Trinajstić information content (AvgIpc) is 3.27. The number of allylic oxidation sites excluding steroid dienone is 10. The molecule has 64 heavy (non-hydrogen) atoms. The first-order valence-corrected chi connectivity index (χ1v) is 26.4. The molecule has 4 N–H and O–H groups in total. The van der Waals surface area contributed by atoms with Gasteiger partial charge >= 0.3 is 16.4 Å². The van der Waals surface area contributed by atoms with Crippen molar-refractivity contribution >= 4 is 16.4 Å². The molecule has 0 aromatic carbocycles. The van der Waals surface area contributed by atoms with Gasteiger partial charge in [-0.2, -0.15) is 8.42 Å². The highest BCUT2D eigenvalue weighted by atomic mass is 32.3. The van der Waals surface area contributed by atoms with E-state index in [0.717, 1.165) is 70.6 Å². The van der Waals surface area contributed by atoms with Crippen LogP contribution in [0.15, 0.2) is 60.8 Å². The fraction of sp³-hybridized carbons (Fsp3) is 0.784. The lowest BCUT2D eigenvalue weighted by molar-refractivity contribution is -0.301. The predicted octanol–water partition coefficient (Wildman–Crippen LogP) is 11.3. The van der Waals surface area contributed by atoms with Crippen LogP contribution in [0.4, 0.5) is 0 Å². The van der Waals surface area contributed by atoms with Gasteiger partial charge in [-0.15, -0.1) is 0 Å². The van der Waals surface area contributed by atoms with E-state index in [-0.39, 0.29) is 19.6 Å². The Balaban J connectivity index is 2.41. The number of carbonyl (C=O) groups is 1. The first kappa shape index (κ1) is 59.8. The van der Waals surface area contributed by atoms with E-state index in [9.17, 15) is 33.1 Å². The summed E-state index contributed by atoms with van der Waals surface area (Å²) in [7, 11) is -5.07. The number of aliphatic hydroxyl groups is 3. The van der Waals surface area contributed by atoms with Crippen molar-refractivity contribution in [2.24, 2.45) is 0 Å². The molecule has 0 aromatic rings. The number of ether oxygens (including phenoxy) is 4. The normalized spacial score (nSPS) is 20.2. The van der Waals surface area contributed by atoms with E-state index in [2.05, 4.69) is 78.8 Å². The van der Waals surface area contributed by atoms with Crippen molar-refractivity contribution in [1.82, 2.24) is 0 Å². The number of esters is 1. The summed E-state index contributed by atoms with van der Waals surface area (Å²) in [6.45, 7) is 3.85. The Morgan fingerprint density at radius 1 is 0.609 bits per heavy atom. The maximum Gasteiger partial charge on any atom is 0.397 e. The second-order valence-corrected chi connectivity index (χ2v) is 18.1. The Morgan fingerprint density at radius 3 is 1.56 bits per heavy atom. The molecule has 12 nitrogen and oxygen atoms in total. The fourth-order valence-electron chi connectivity index (χ4n) is 7.41. The summed E-state index contributed by atoms with van der Waals surface area (Å²) >= 11 is 0. The van der Waals surface area contributed by atoms with Gasteiger partial charge in [-0.3, -0.25) is 9.35 Å². The van der Waals surface area contributed by atoms with Crippen molar-refractivity contribution in [3.05, 3.63) is 60.8 Å². The van der Waals surface area contributed by atoms with Crippen LogP contribution in [-0.2, 0) is 38.3 Å². The third-order valence-electron chi connectivity index (χ3n) is 11.2. The molecular weight excluding hydrogens is 837 g/mol. The van der Waals surface area contributed by atoms with Crippen LogP contribution in [0.2, 0.25) is 0 Å².